The summed E-state index contributed by atoms with van der Waals surface area (Å²) >= 11 is 0. The number of aryl methyl sites for hydroxylation is 2. The molecule has 0 bridgehead atoms. The van der Waals surface area contributed by atoms with Crippen LogP contribution in [-0.2, 0) is 11.2 Å². The molecule has 0 aliphatic carbocycles. The van der Waals surface area contributed by atoms with Gasteiger partial charge < -0.3 is 14.2 Å². The summed E-state index contributed by atoms with van der Waals surface area (Å²) < 4.78 is 16.6. The molecular formula is C20H24O4. The summed E-state index contributed by atoms with van der Waals surface area (Å²) in [5.41, 5.74) is 2.06. The number of carbonyl (C=O) groups excluding carboxylic acids is 1. The van der Waals surface area contributed by atoms with Crippen LogP contribution in [0.4, 0.5) is 0 Å². The SMILES string of the molecule is CCOc1ccccc1CCC(=O)Oc1ccc(C)cc1OCC. The molecule has 0 fully saturated rings. The monoisotopic (exact) mass is 328 g/mol. The Kier molecular flexibility index (Phi) is 6.67. The van der Waals surface area contributed by atoms with E-state index in [0.29, 0.717) is 31.1 Å². The van der Waals surface area contributed by atoms with Gasteiger partial charge in [0.05, 0.1) is 19.6 Å². The Hall–Kier alpha value is -2.49. The molecule has 4 nitrogen and oxygen atoms in total. The molecule has 0 aromatic heterocycles. The van der Waals surface area contributed by atoms with Gasteiger partial charge in [-0.2, -0.15) is 0 Å². The summed E-state index contributed by atoms with van der Waals surface area (Å²) in [6, 6.07) is 13.3. The van der Waals surface area contributed by atoms with Crippen molar-refractivity contribution in [2.75, 3.05) is 13.2 Å². The van der Waals surface area contributed by atoms with Crippen molar-refractivity contribution in [2.45, 2.75) is 33.6 Å². The second-order valence-electron chi connectivity index (χ2n) is 5.40. The number of carbonyl (C=O) groups is 1. The highest BCUT2D eigenvalue weighted by atomic mass is 16.6. The molecular weight excluding hydrogens is 304 g/mol. The van der Waals surface area contributed by atoms with Crippen LogP contribution in [0.1, 0.15) is 31.4 Å². The number of rotatable bonds is 8. The largest absolute Gasteiger partial charge is 0.494 e. The van der Waals surface area contributed by atoms with Gasteiger partial charge in [0.25, 0.3) is 0 Å². The average molecular weight is 328 g/mol. The summed E-state index contributed by atoms with van der Waals surface area (Å²) in [5, 5.41) is 0. The highest BCUT2D eigenvalue weighted by Crippen LogP contribution is 2.29. The van der Waals surface area contributed by atoms with Crippen molar-refractivity contribution in [3.05, 3.63) is 53.6 Å². The van der Waals surface area contributed by atoms with E-state index in [0.717, 1.165) is 16.9 Å². The molecule has 0 radical (unpaired) electrons. The molecule has 128 valence electrons. The van der Waals surface area contributed by atoms with Gasteiger partial charge in [-0.3, -0.25) is 4.79 Å². The summed E-state index contributed by atoms with van der Waals surface area (Å²) in [6.07, 6.45) is 0.856. The van der Waals surface area contributed by atoms with E-state index in [1.807, 2.05) is 57.2 Å². The molecule has 0 aliphatic heterocycles. The maximum Gasteiger partial charge on any atom is 0.311 e. The lowest BCUT2D eigenvalue weighted by atomic mass is 10.1. The van der Waals surface area contributed by atoms with Crippen molar-refractivity contribution >= 4 is 5.97 Å². The quantitative estimate of drug-likeness (QED) is 0.534. The topological polar surface area (TPSA) is 44.8 Å². The molecule has 0 saturated heterocycles. The van der Waals surface area contributed by atoms with Crippen molar-refractivity contribution in [1.82, 2.24) is 0 Å². The van der Waals surface area contributed by atoms with E-state index in [4.69, 9.17) is 14.2 Å². The molecule has 2 aromatic rings. The van der Waals surface area contributed by atoms with Crippen LogP contribution in [0.2, 0.25) is 0 Å². The van der Waals surface area contributed by atoms with Crippen molar-refractivity contribution in [1.29, 1.82) is 0 Å². The lowest BCUT2D eigenvalue weighted by molar-refractivity contribution is -0.134. The number of benzene rings is 2. The number of hydrogen-bond acceptors (Lipinski definition) is 4. The van der Waals surface area contributed by atoms with Gasteiger partial charge in [-0.15, -0.1) is 0 Å². The zero-order valence-electron chi connectivity index (χ0n) is 14.5. The van der Waals surface area contributed by atoms with Gasteiger partial charge in [-0.25, -0.2) is 0 Å². The number of hydrogen-bond donors (Lipinski definition) is 0. The van der Waals surface area contributed by atoms with Crippen LogP contribution in [0, 0.1) is 6.92 Å². The maximum absolute atomic E-state index is 12.2. The zero-order valence-corrected chi connectivity index (χ0v) is 14.5. The van der Waals surface area contributed by atoms with Crippen LogP contribution >= 0.6 is 0 Å². The first-order valence-electron chi connectivity index (χ1n) is 8.28. The molecule has 0 unspecified atom stereocenters. The number of esters is 1. The van der Waals surface area contributed by atoms with Gasteiger partial charge in [0, 0.05) is 0 Å². The molecule has 4 heteroatoms. The van der Waals surface area contributed by atoms with Crippen molar-refractivity contribution < 1.29 is 19.0 Å². The van der Waals surface area contributed by atoms with Gasteiger partial charge in [0.15, 0.2) is 11.5 Å². The molecule has 24 heavy (non-hydrogen) atoms. The lowest BCUT2D eigenvalue weighted by Gasteiger charge is -2.12. The normalized spacial score (nSPS) is 10.3. The van der Waals surface area contributed by atoms with E-state index in [-0.39, 0.29) is 12.4 Å². The Balaban J connectivity index is 1.99. The molecule has 0 amide bonds. The highest BCUT2D eigenvalue weighted by Gasteiger charge is 2.12. The first-order valence-corrected chi connectivity index (χ1v) is 8.28. The Bertz CT molecular complexity index is 679. The first-order chi connectivity index (χ1) is 11.6. The molecule has 0 aliphatic rings. The predicted molar refractivity (Wildman–Crippen MR) is 93.9 cm³/mol. The number of para-hydroxylation sites is 1. The minimum absolute atomic E-state index is 0.281. The Morgan fingerprint density at radius 2 is 1.62 bits per heavy atom. The molecule has 0 N–H and O–H groups in total. The fourth-order valence-electron chi connectivity index (χ4n) is 2.38. The van der Waals surface area contributed by atoms with Crippen molar-refractivity contribution in [3.63, 3.8) is 0 Å². The second-order valence-corrected chi connectivity index (χ2v) is 5.40. The minimum atomic E-state index is -0.286. The molecule has 0 atom stereocenters. The Labute approximate surface area is 143 Å². The molecule has 2 rings (SSSR count). The third-order valence-corrected chi connectivity index (χ3v) is 3.49. The van der Waals surface area contributed by atoms with Gasteiger partial charge in [-0.05, 0) is 56.5 Å². The summed E-state index contributed by atoms with van der Waals surface area (Å²) in [6.45, 7) is 6.94. The molecule has 0 saturated carbocycles. The smallest absolute Gasteiger partial charge is 0.311 e. The van der Waals surface area contributed by atoms with Gasteiger partial charge in [0.1, 0.15) is 5.75 Å². The number of ether oxygens (including phenoxy) is 3. The summed E-state index contributed by atoms with van der Waals surface area (Å²) in [5.74, 6) is 1.59. The Morgan fingerprint density at radius 3 is 2.38 bits per heavy atom. The third kappa shape index (κ3) is 5.01. The van der Waals surface area contributed by atoms with E-state index < -0.39 is 0 Å². The zero-order chi connectivity index (χ0) is 17.4. The summed E-state index contributed by atoms with van der Waals surface area (Å²) in [4.78, 5) is 12.2. The van der Waals surface area contributed by atoms with Crippen LogP contribution in [-0.4, -0.2) is 19.2 Å². The molecule has 0 spiro atoms. The second kappa shape index (κ2) is 8.96. The lowest BCUT2D eigenvalue weighted by Crippen LogP contribution is -2.10. The minimum Gasteiger partial charge on any atom is -0.494 e. The van der Waals surface area contributed by atoms with Crippen LogP contribution in [0.3, 0.4) is 0 Å². The molecule has 0 heterocycles. The maximum atomic E-state index is 12.2. The van der Waals surface area contributed by atoms with E-state index >= 15 is 0 Å². The fraction of sp³-hybridized carbons (Fsp3) is 0.350. The fourth-order valence-corrected chi connectivity index (χ4v) is 2.38. The average Bonchev–Trinajstić information content (AvgIpc) is 2.57. The van der Waals surface area contributed by atoms with Crippen LogP contribution in [0.5, 0.6) is 17.2 Å². The van der Waals surface area contributed by atoms with E-state index in [9.17, 15) is 4.79 Å². The van der Waals surface area contributed by atoms with Gasteiger partial charge in [-0.1, -0.05) is 24.3 Å². The van der Waals surface area contributed by atoms with Gasteiger partial charge in [0.2, 0.25) is 0 Å². The Morgan fingerprint density at radius 1 is 0.917 bits per heavy atom. The highest BCUT2D eigenvalue weighted by molar-refractivity contribution is 5.73. The van der Waals surface area contributed by atoms with Crippen LogP contribution in [0.25, 0.3) is 0 Å². The standard InChI is InChI=1S/C20H24O4/c1-4-22-17-9-7-6-8-16(17)11-13-20(21)24-18-12-10-15(3)14-19(18)23-5-2/h6-10,12,14H,4-5,11,13H2,1-3H3. The van der Waals surface area contributed by atoms with Crippen LogP contribution in [0.15, 0.2) is 42.5 Å². The van der Waals surface area contributed by atoms with E-state index in [1.54, 1.807) is 6.07 Å². The first kappa shape index (κ1) is 17.9. The van der Waals surface area contributed by atoms with Crippen molar-refractivity contribution in [2.24, 2.45) is 0 Å². The molecule has 2 aromatic carbocycles. The van der Waals surface area contributed by atoms with E-state index in [1.165, 1.54) is 0 Å². The van der Waals surface area contributed by atoms with Gasteiger partial charge >= 0.3 is 5.97 Å². The predicted octanol–water partition coefficient (Wildman–Crippen LogP) is 4.33. The third-order valence-electron chi connectivity index (χ3n) is 3.49. The van der Waals surface area contributed by atoms with Crippen molar-refractivity contribution in [3.8, 4) is 17.2 Å². The van der Waals surface area contributed by atoms with E-state index in [2.05, 4.69) is 0 Å². The summed E-state index contributed by atoms with van der Waals surface area (Å²) in [7, 11) is 0. The van der Waals surface area contributed by atoms with Crippen LogP contribution < -0.4 is 14.2 Å².